The van der Waals surface area contributed by atoms with E-state index in [0.29, 0.717) is 6.54 Å². The Balaban J connectivity index is 2.03. The molecular weight excluding hydrogens is 248 g/mol. The Morgan fingerprint density at radius 1 is 1.05 bits per heavy atom. The average Bonchev–Trinajstić information content (AvgIpc) is 2.45. The van der Waals surface area contributed by atoms with Crippen LogP contribution in [0.4, 0.5) is 0 Å². The van der Waals surface area contributed by atoms with E-state index >= 15 is 0 Å². The van der Waals surface area contributed by atoms with E-state index in [2.05, 4.69) is 5.32 Å². The summed E-state index contributed by atoms with van der Waals surface area (Å²) in [7, 11) is 0. The molecule has 1 unspecified atom stereocenters. The molecule has 0 aliphatic heterocycles. The third-order valence-corrected chi connectivity index (χ3v) is 3.42. The lowest BCUT2D eigenvalue weighted by Gasteiger charge is -2.15. The molecular formula is C17H20N2O. The Bertz CT molecular complexity index is 573. The van der Waals surface area contributed by atoms with Gasteiger partial charge in [-0.25, -0.2) is 0 Å². The van der Waals surface area contributed by atoms with Crippen molar-refractivity contribution < 1.29 is 4.79 Å². The number of amides is 1. The van der Waals surface area contributed by atoms with Gasteiger partial charge in [0.2, 0.25) is 0 Å². The van der Waals surface area contributed by atoms with Gasteiger partial charge in [-0.15, -0.1) is 0 Å². The lowest BCUT2D eigenvalue weighted by molar-refractivity contribution is 0.0950. The summed E-state index contributed by atoms with van der Waals surface area (Å²) in [5.41, 5.74) is 9.81. The maximum Gasteiger partial charge on any atom is 0.251 e. The fraction of sp³-hybridized carbons (Fsp3) is 0.235. The summed E-state index contributed by atoms with van der Waals surface area (Å²) in [5, 5.41) is 2.91. The van der Waals surface area contributed by atoms with Crippen LogP contribution in [-0.4, -0.2) is 12.5 Å². The number of benzene rings is 2. The number of carbonyl (C=O) groups is 1. The van der Waals surface area contributed by atoms with Crippen LogP contribution in [0.25, 0.3) is 0 Å². The number of hydrogen-bond donors (Lipinski definition) is 2. The van der Waals surface area contributed by atoms with Crippen LogP contribution in [0.3, 0.4) is 0 Å². The summed E-state index contributed by atoms with van der Waals surface area (Å²) in [6.07, 6.45) is 0. The molecule has 0 radical (unpaired) electrons. The van der Waals surface area contributed by atoms with Crippen molar-refractivity contribution in [1.29, 1.82) is 0 Å². The summed E-state index contributed by atoms with van der Waals surface area (Å²) < 4.78 is 0. The van der Waals surface area contributed by atoms with Gasteiger partial charge in [-0.3, -0.25) is 4.79 Å². The molecule has 0 saturated heterocycles. The monoisotopic (exact) mass is 268 g/mol. The normalized spacial score (nSPS) is 11.9. The minimum atomic E-state index is -0.190. The molecule has 0 fully saturated rings. The van der Waals surface area contributed by atoms with E-state index in [9.17, 15) is 4.79 Å². The quantitative estimate of drug-likeness (QED) is 0.895. The number of nitrogens with two attached hydrogens (primary N) is 1. The molecule has 1 amide bonds. The number of carbonyl (C=O) groups excluding carboxylic acids is 1. The lowest BCUT2D eigenvalue weighted by atomic mass is 10.0. The molecule has 0 heterocycles. The summed E-state index contributed by atoms with van der Waals surface area (Å²) in [4.78, 5) is 12.3. The molecule has 0 bridgehead atoms. The van der Waals surface area contributed by atoms with E-state index in [1.54, 1.807) is 0 Å². The highest BCUT2D eigenvalue weighted by molar-refractivity contribution is 5.97. The van der Waals surface area contributed by atoms with Crippen molar-refractivity contribution in [2.75, 3.05) is 6.54 Å². The largest absolute Gasteiger partial charge is 0.350 e. The zero-order valence-electron chi connectivity index (χ0n) is 11.9. The maximum absolute atomic E-state index is 12.3. The van der Waals surface area contributed by atoms with Gasteiger partial charge in [0.1, 0.15) is 0 Å². The van der Waals surface area contributed by atoms with Crippen molar-refractivity contribution in [3.05, 3.63) is 70.8 Å². The Morgan fingerprint density at radius 2 is 1.65 bits per heavy atom. The van der Waals surface area contributed by atoms with E-state index in [0.717, 1.165) is 22.3 Å². The fourth-order valence-electron chi connectivity index (χ4n) is 2.28. The number of nitrogens with one attached hydrogen (secondary N) is 1. The highest BCUT2D eigenvalue weighted by atomic mass is 16.1. The van der Waals surface area contributed by atoms with Gasteiger partial charge in [-0.1, -0.05) is 48.5 Å². The molecule has 2 aromatic carbocycles. The van der Waals surface area contributed by atoms with Gasteiger partial charge in [-0.2, -0.15) is 0 Å². The van der Waals surface area contributed by atoms with Crippen LogP contribution in [0.1, 0.15) is 33.1 Å². The summed E-state index contributed by atoms with van der Waals surface area (Å²) in [6.45, 7) is 4.31. The van der Waals surface area contributed by atoms with Gasteiger partial charge in [0, 0.05) is 18.2 Å². The summed E-state index contributed by atoms with van der Waals surface area (Å²) >= 11 is 0. The third kappa shape index (κ3) is 3.25. The second kappa shape index (κ2) is 6.35. The first-order valence-corrected chi connectivity index (χ1v) is 6.74. The molecule has 0 saturated carbocycles. The minimum Gasteiger partial charge on any atom is -0.350 e. The Morgan fingerprint density at radius 3 is 2.25 bits per heavy atom. The van der Waals surface area contributed by atoms with Crippen LogP contribution in [0.2, 0.25) is 0 Å². The Labute approximate surface area is 119 Å². The highest BCUT2D eigenvalue weighted by Gasteiger charge is 2.13. The zero-order chi connectivity index (χ0) is 14.5. The zero-order valence-corrected chi connectivity index (χ0v) is 11.9. The predicted octanol–water partition coefficient (Wildman–Crippen LogP) is 2.73. The van der Waals surface area contributed by atoms with Gasteiger partial charge in [0.15, 0.2) is 0 Å². The highest BCUT2D eigenvalue weighted by Crippen LogP contribution is 2.14. The van der Waals surface area contributed by atoms with Crippen molar-refractivity contribution in [3.8, 4) is 0 Å². The van der Waals surface area contributed by atoms with E-state index in [-0.39, 0.29) is 11.9 Å². The Hall–Kier alpha value is -2.13. The van der Waals surface area contributed by atoms with E-state index < -0.39 is 0 Å². The summed E-state index contributed by atoms with van der Waals surface area (Å²) in [5.74, 6) is -0.0630. The van der Waals surface area contributed by atoms with Crippen molar-refractivity contribution in [2.24, 2.45) is 5.73 Å². The first-order valence-electron chi connectivity index (χ1n) is 6.74. The van der Waals surface area contributed by atoms with Crippen molar-refractivity contribution in [3.63, 3.8) is 0 Å². The lowest BCUT2D eigenvalue weighted by Crippen LogP contribution is -2.32. The van der Waals surface area contributed by atoms with Crippen molar-refractivity contribution in [1.82, 2.24) is 5.32 Å². The number of rotatable bonds is 4. The number of hydrogen-bond acceptors (Lipinski definition) is 2. The molecule has 0 aliphatic rings. The Kier molecular flexibility index (Phi) is 4.53. The third-order valence-electron chi connectivity index (χ3n) is 3.42. The van der Waals surface area contributed by atoms with Gasteiger partial charge in [-0.05, 0) is 30.5 Å². The van der Waals surface area contributed by atoms with E-state index in [1.165, 1.54) is 0 Å². The van der Waals surface area contributed by atoms with Crippen LogP contribution in [0.5, 0.6) is 0 Å². The smallest absolute Gasteiger partial charge is 0.251 e. The van der Waals surface area contributed by atoms with Gasteiger partial charge in [0.25, 0.3) is 5.91 Å². The first-order chi connectivity index (χ1) is 9.59. The maximum atomic E-state index is 12.3. The van der Waals surface area contributed by atoms with Crippen LogP contribution in [-0.2, 0) is 0 Å². The van der Waals surface area contributed by atoms with Crippen molar-refractivity contribution in [2.45, 2.75) is 19.9 Å². The minimum absolute atomic E-state index is 0.0630. The van der Waals surface area contributed by atoms with Crippen molar-refractivity contribution >= 4 is 5.91 Å². The molecule has 3 N–H and O–H groups in total. The molecule has 0 aliphatic carbocycles. The average molecular weight is 268 g/mol. The molecule has 104 valence electrons. The standard InChI is InChI=1S/C17H20N2O/c1-12-7-6-8-13(2)16(12)17(20)19-11-15(18)14-9-4-3-5-10-14/h3-10,15H,11,18H2,1-2H3,(H,19,20). The van der Waals surface area contributed by atoms with Crippen LogP contribution in [0, 0.1) is 13.8 Å². The molecule has 2 rings (SSSR count). The molecule has 0 spiro atoms. The SMILES string of the molecule is Cc1cccc(C)c1C(=O)NCC(N)c1ccccc1. The second-order valence-corrected chi connectivity index (χ2v) is 4.99. The topological polar surface area (TPSA) is 55.1 Å². The number of aryl methyl sites for hydroxylation is 2. The van der Waals surface area contributed by atoms with Crippen LogP contribution in [0.15, 0.2) is 48.5 Å². The van der Waals surface area contributed by atoms with Crippen LogP contribution >= 0.6 is 0 Å². The molecule has 3 heteroatoms. The van der Waals surface area contributed by atoms with E-state index in [4.69, 9.17) is 5.73 Å². The molecule has 20 heavy (non-hydrogen) atoms. The molecule has 1 atom stereocenters. The van der Waals surface area contributed by atoms with Gasteiger partial charge >= 0.3 is 0 Å². The van der Waals surface area contributed by atoms with Gasteiger partial charge in [0.05, 0.1) is 0 Å². The van der Waals surface area contributed by atoms with Gasteiger partial charge < -0.3 is 11.1 Å². The second-order valence-electron chi connectivity index (χ2n) is 4.99. The van der Waals surface area contributed by atoms with E-state index in [1.807, 2.05) is 62.4 Å². The summed E-state index contributed by atoms with van der Waals surface area (Å²) in [6, 6.07) is 15.4. The molecule has 3 nitrogen and oxygen atoms in total. The van der Waals surface area contributed by atoms with Crippen LogP contribution < -0.4 is 11.1 Å². The predicted molar refractivity (Wildman–Crippen MR) is 81.6 cm³/mol. The first kappa shape index (κ1) is 14.3. The molecule has 2 aromatic rings. The molecule has 0 aromatic heterocycles. The fourth-order valence-corrected chi connectivity index (χ4v) is 2.28.